The molecule has 0 aliphatic heterocycles. The second-order valence-corrected chi connectivity index (χ2v) is 3.20. The molecule has 1 aromatic rings. The lowest BCUT2D eigenvalue weighted by molar-refractivity contribution is -0.114. The number of aromatic nitrogens is 2. The maximum Gasteiger partial charge on any atom is 0.240 e. The van der Waals surface area contributed by atoms with Gasteiger partial charge in [0.25, 0.3) is 0 Å². The number of alkyl halides is 1. The van der Waals surface area contributed by atoms with E-state index in [4.69, 9.17) is 23.2 Å². The second kappa shape index (κ2) is 3.98. The molecule has 0 aliphatic rings. The molecule has 1 aromatic heterocycles. The number of aryl methyl sites for hydroxylation is 2. The van der Waals surface area contributed by atoms with Crippen molar-refractivity contribution in [2.45, 2.75) is 6.92 Å². The summed E-state index contributed by atoms with van der Waals surface area (Å²) in [6.07, 6.45) is 0. The van der Waals surface area contributed by atoms with Crippen molar-refractivity contribution in [1.29, 1.82) is 0 Å². The van der Waals surface area contributed by atoms with E-state index in [1.54, 1.807) is 14.0 Å². The zero-order chi connectivity index (χ0) is 10.0. The fourth-order valence-electron chi connectivity index (χ4n) is 0.934. The zero-order valence-electron chi connectivity index (χ0n) is 7.27. The van der Waals surface area contributed by atoms with Crippen molar-refractivity contribution < 1.29 is 4.79 Å². The fraction of sp³-hybridized carbons (Fsp3) is 0.429. The van der Waals surface area contributed by atoms with Gasteiger partial charge in [0, 0.05) is 7.05 Å². The van der Waals surface area contributed by atoms with Gasteiger partial charge in [-0.15, -0.1) is 11.6 Å². The van der Waals surface area contributed by atoms with Gasteiger partial charge in [0.2, 0.25) is 5.91 Å². The third-order valence-electron chi connectivity index (χ3n) is 1.53. The maximum atomic E-state index is 11.0. The second-order valence-electron chi connectivity index (χ2n) is 2.55. The van der Waals surface area contributed by atoms with Crippen LogP contribution < -0.4 is 5.32 Å². The number of rotatable bonds is 2. The SMILES string of the molecule is Cc1nn(C)c(NC(=O)CCl)c1Cl. The molecule has 0 fully saturated rings. The highest BCUT2D eigenvalue weighted by atomic mass is 35.5. The molecule has 0 atom stereocenters. The van der Waals surface area contributed by atoms with Crippen molar-refractivity contribution in [1.82, 2.24) is 9.78 Å². The number of carbonyl (C=O) groups excluding carboxylic acids is 1. The fourth-order valence-corrected chi connectivity index (χ4v) is 1.21. The summed E-state index contributed by atoms with van der Waals surface area (Å²) in [4.78, 5) is 11.0. The van der Waals surface area contributed by atoms with E-state index in [1.807, 2.05) is 0 Å². The highest BCUT2D eigenvalue weighted by Gasteiger charge is 2.12. The number of hydrogen-bond donors (Lipinski definition) is 1. The molecule has 1 amide bonds. The summed E-state index contributed by atoms with van der Waals surface area (Å²) in [5, 5.41) is 7.02. The summed E-state index contributed by atoms with van der Waals surface area (Å²) in [6, 6.07) is 0. The summed E-state index contributed by atoms with van der Waals surface area (Å²) in [7, 11) is 1.70. The smallest absolute Gasteiger partial charge is 0.240 e. The Morgan fingerprint density at radius 2 is 2.31 bits per heavy atom. The predicted octanol–water partition coefficient (Wildman–Crippen LogP) is 1.56. The summed E-state index contributed by atoms with van der Waals surface area (Å²) < 4.78 is 1.50. The van der Waals surface area contributed by atoms with Crippen LogP contribution in [-0.2, 0) is 11.8 Å². The van der Waals surface area contributed by atoms with Crippen LogP contribution >= 0.6 is 23.2 Å². The first kappa shape index (κ1) is 10.3. The van der Waals surface area contributed by atoms with E-state index in [1.165, 1.54) is 4.68 Å². The number of halogens is 2. The molecule has 4 nitrogen and oxygen atoms in total. The molecule has 1 rings (SSSR count). The van der Waals surface area contributed by atoms with E-state index >= 15 is 0 Å². The van der Waals surface area contributed by atoms with Crippen molar-refractivity contribution in [3.63, 3.8) is 0 Å². The van der Waals surface area contributed by atoms with Crippen molar-refractivity contribution in [2.24, 2.45) is 7.05 Å². The molecule has 1 N–H and O–H groups in total. The number of amides is 1. The summed E-state index contributed by atoms with van der Waals surface area (Å²) in [5.74, 6) is 0.0805. The highest BCUT2D eigenvalue weighted by Crippen LogP contribution is 2.24. The van der Waals surface area contributed by atoms with Crippen molar-refractivity contribution in [2.75, 3.05) is 11.2 Å². The van der Waals surface area contributed by atoms with Gasteiger partial charge in [0.05, 0.1) is 5.69 Å². The van der Waals surface area contributed by atoms with Crippen LogP contribution in [0.25, 0.3) is 0 Å². The predicted molar refractivity (Wildman–Crippen MR) is 52.3 cm³/mol. The van der Waals surface area contributed by atoms with Crippen LogP contribution in [0.15, 0.2) is 0 Å². The van der Waals surface area contributed by atoms with Crippen molar-refractivity contribution in [3.05, 3.63) is 10.7 Å². The minimum atomic E-state index is -0.299. The largest absolute Gasteiger partial charge is 0.309 e. The average Bonchev–Trinajstić information content (AvgIpc) is 2.32. The minimum Gasteiger partial charge on any atom is -0.309 e. The van der Waals surface area contributed by atoms with E-state index < -0.39 is 0 Å². The quantitative estimate of drug-likeness (QED) is 0.771. The third-order valence-corrected chi connectivity index (χ3v) is 2.22. The zero-order valence-corrected chi connectivity index (χ0v) is 8.78. The molecular weight excluding hydrogens is 213 g/mol. The Bertz CT molecular complexity index is 335. The molecule has 0 aromatic carbocycles. The van der Waals surface area contributed by atoms with Gasteiger partial charge in [-0.2, -0.15) is 5.10 Å². The Morgan fingerprint density at radius 1 is 1.69 bits per heavy atom. The Balaban J connectivity index is 2.94. The first-order valence-electron chi connectivity index (χ1n) is 3.61. The normalized spacial score (nSPS) is 10.2. The summed E-state index contributed by atoms with van der Waals surface area (Å²) in [5.41, 5.74) is 0.675. The van der Waals surface area contributed by atoms with Gasteiger partial charge in [0.15, 0.2) is 0 Å². The molecule has 0 aliphatic carbocycles. The Hall–Kier alpha value is -0.740. The highest BCUT2D eigenvalue weighted by molar-refractivity contribution is 6.35. The number of anilines is 1. The Morgan fingerprint density at radius 3 is 2.69 bits per heavy atom. The average molecular weight is 222 g/mol. The van der Waals surface area contributed by atoms with Crippen LogP contribution in [0.1, 0.15) is 5.69 Å². The van der Waals surface area contributed by atoms with E-state index in [0.717, 1.165) is 0 Å². The van der Waals surface area contributed by atoms with Gasteiger partial charge < -0.3 is 5.32 Å². The van der Waals surface area contributed by atoms with Crippen LogP contribution in [-0.4, -0.2) is 21.6 Å². The van der Waals surface area contributed by atoms with Crippen LogP contribution in [0.2, 0.25) is 5.02 Å². The molecule has 72 valence electrons. The molecule has 13 heavy (non-hydrogen) atoms. The molecular formula is C7H9Cl2N3O. The molecule has 0 saturated heterocycles. The van der Waals surface area contributed by atoms with E-state index in [0.29, 0.717) is 16.5 Å². The van der Waals surface area contributed by atoms with E-state index in [2.05, 4.69) is 10.4 Å². The number of nitrogens with one attached hydrogen (secondary N) is 1. The van der Waals surface area contributed by atoms with Crippen molar-refractivity contribution >= 4 is 34.9 Å². The van der Waals surface area contributed by atoms with Crippen LogP contribution in [0.4, 0.5) is 5.82 Å². The topological polar surface area (TPSA) is 46.9 Å². The molecule has 6 heteroatoms. The van der Waals surface area contributed by atoms with Crippen LogP contribution in [0.5, 0.6) is 0 Å². The van der Waals surface area contributed by atoms with Gasteiger partial charge in [-0.05, 0) is 6.92 Å². The van der Waals surface area contributed by atoms with Crippen LogP contribution in [0, 0.1) is 6.92 Å². The molecule has 0 spiro atoms. The van der Waals surface area contributed by atoms with Crippen LogP contribution in [0.3, 0.4) is 0 Å². The summed E-state index contributed by atoms with van der Waals surface area (Å²) in [6.45, 7) is 1.76. The Kier molecular flexibility index (Phi) is 3.17. The molecule has 0 saturated carbocycles. The number of carbonyl (C=O) groups is 1. The van der Waals surface area contributed by atoms with Gasteiger partial charge in [0.1, 0.15) is 16.7 Å². The molecule has 0 radical (unpaired) electrons. The molecule has 0 unspecified atom stereocenters. The lowest BCUT2D eigenvalue weighted by Crippen LogP contribution is -2.15. The monoisotopic (exact) mass is 221 g/mol. The van der Waals surface area contributed by atoms with Gasteiger partial charge in [-0.3, -0.25) is 9.48 Å². The standard InChI is InChI=1S/C7H9Cl2N3O/c1-4-6(9)7(12(2)11-4)10-5(13)3-8/h3H2,1-2H3,(H,10,13). The Labute approximate surface area is 85.8 Å². The maximum absolute atomic E-state index is 11.0. The van der Waals surface area contributed by atoms with Crippen molar-refractivity contribution in [3.8, 4) is 0 Å². The first-order chi connectivity index (χ1) is 6.06. The number of nitrogens with zero attached hydrogens (tertiary/aromatic N) is 2. The van der Waals surface area contributed by atoms with E-state index in [9.17, 15) is 4.79 Å². The first-order valence-corrected chi connectivity index (χ1v) is 4.52. The molecule has 0 bridgehead atoms. The number of hydrogen-bond acceptors (Lipinski definition) is 2. The summed E-state index contributed by atoms with van der Waals surface area (Å²) >= 11 is 11.2. The van der Waals surface area contributed by atoms with Gasteiger partial charge >= 0.3 is 0 Å². The lowest BCUT2D eigenvalue weighted by atomic mass is 10.4. The minimum absolute atomic E-state index is 0.0967. The van der Waals surface area contributed by atoms with E-state index in [-0.39, 0.29) is 11.8 Å². The lowest BCUT2D eigenvalue weighted by Gasteiger charge is -2.02. The van der Waals surface area contributed by atoms with Gasteiger partial charge in [-0.25, -0.2) is 0 Å². The van der Waals surface area contributed by atoms with Gasteiger partial charge in [-0.1, -0.05) is 11.6 Å². The third kappa shape index (κ3) is 2.14. The molecule has 1 heterocycles.